The fourth-order valence-electron chi connectivity index (χ4n) is 2.41. The van der Waals surface area contributed by atoms with Gasteiger partial charge in [-0.2, -0.15) is 0 Å². The van der Waals surface area contributed by atoms with Crippen molar-refractivity contribution in [3.05, 3.63) is 10.4 Å². The second kappa shape index (κ2) is 7.33. The summed E-state index contributed by atoms with van der Waals surface area (Å²) in [5.74, 6) is -0.778. The molecule has 0 radical (unpaired) electrons. The highest BCUT2D eigenvalue weighted by Gasteiger charge is 2.41. The minimum Gasteiger partial charge on any atom is -0.480 e. The monoisotopic (exact) mass is 269 g/mol. The molecule has 0 bridgehead atoms. The largest absolute Gasteiger partial charge is 0.480 e. The highest BCUT2D eigenvalue weighted by molar-refractivity contribution is 5.79. The van der Waals surface area contributed by atoms with Crippen LogP contribution in [-0.2, 0) is 4.79 Å². The molecule has 1 heterocycles. The number of hydrogen-bond donors (Lipinski definition) is 2. The number of piperidine rings is 1. The van der Waals surface area contributed by atoms with Crippen LogP contribution < -0.4 is 5.32 Å². The van der Waals surface area contributed by atoms with Crippen LogP contribution in [0.1, 0.15) is 33.1 Å². The summed E-state index contributed by atoms with van der Waals surface area (Å²) in [6.07, 6.45) is 1.89. The van der Waals surface area contributed by atoms with Crippen molar-refractivity contribution < 1.29 is 9.90 Å². The lowest BCUT2D eigenvalue weighted by Crippen LogP contribution is -2.59. The first-order valence-corrected chi connectivity index (χ1v) is 6.75. The summed E-state index contributed by atoms with van der Waals surface area (Å²) in [4.78, 5) is 16.5. The molecule has 0 saturated carbocycles. The predicted octanol–water partition coefficient (Wildman–Crippen LogP) is 1.60. The molecule has 1 aliphatic rings. The number of hydrogen-bond acceptors (Lipinski definition) is 4. The van der Waals surface area contributed by atoms with Gasteiger partial charge in [-0.05, 0) is 45.2 Å². The summed E-state index contributed by atoms with van der Waals surface area (Å²) in [7, 11) is 0. The first-order chi connectivity index (χ1) is 9.02. The van der Waals surface area contributed by atoms with Crippen molar-refractivity contribution in [1.82, 2.24) is 10.2 Å². The van der Waals surface area contributed by atoms with Gasteiger partial charge in [-0.3, -0.25) is 4.79 Å². The second-order valence-electron chi connectivity index (χ2n) is 5.25. The lowest BCUT2D eigenvalue weighted by atomic mass is 9.87. The summed E-state index contributed by atoms with van der Waals surface area (Å²) in [6, 6.07) is 0.455. The molecule has 1 aliphatic heterocycles. The van der Waals surface area contributed by atoms with Crippen LogP contribution in [0.5, 0.6) is 0 Å². The standard InChI is InChI=1S/C12H23N5O2/c1-10(2)17-8-4-12(5-9-17,11(18)19)14-6-3-7-15-16-13/h10,14H,3-9H2,1-2H3,(H,18,19). The Balaban J connectivity index is 2.48. The summed E-state index contributed by atoms with van der Waals surface area (Å²) < 4.78 is 0. The van der Waals surface area contributed by atoms with Crippen molar-refractivity contribution in [3.63, 3.8) is 0 Å². The van der Waals surface area contributed by atoms with Crippen molar-refractivity contribution in [2.24, 2.45) is 5.11 Å². The van der Waals surface area contributed by atoms with Gasteiger partial charge >= 0.3 is 5.97 Å². The Kier molecular flexibility index (Phi) is 6.08. The van der Waals surface area contributed by atoms with E-state index in [2.05, 4.69) is 34.1 Å². The molecule has 1 fully saturated rings. The molecule has 7 nitrogen and oxygen atoms in total. The second-order valence-corrected chi connectivity index (χ2v) is 5.25. The van der Waals surface area contributed by atoms with Crippen molar-refractivity contribution in [3.8, 4) is 0 Å². The normalized spacial score (nSPS) is 19.1. The molecule has 2 N–H and O–H groups in total. The molecule has 0 aromatic carbocycles. The van der Waals surface area contributed by atoms with Gasteiger partial charge < -0.3 is 15.3 Å². The van der Waals surface area contributed by atoms with Crippen molar-refractivity contribution >= 4 is 5.97 Å². The highest BCUT2D eigenvalue weighted by atomic mass is 16.4. The average Bonchev–Trinajstić information content (AvgIpc) is 2.38. The topological polar surface area (TPSA) is 101 Å². The van der Waals surface area contributed by atoms with Gasteiger partial charge in [0.05, 0.1) is 0 Å². The Morgan fingerprint density at radius 1 is 1.53 bits per heavy atom. The molecule has 0 amide bonds. The third-order valence-corrected chi connectivity index (χ3v) is 3.75. The van der Waals surface area contributed by atoms with Gasteiger partial charge in [-0.25, -0.2) is 0 Å². The first-order valence-electron chi connectivity index (χ1n) is 6.75. The summed E-state index contributed by atoms with van der Waals surface area (Å²) in [5, 5.41) is 16.0. The molecule has 0 spiro atoms. The molecule has 108 valence electrons. The summed E-state index contributed by atoms with van der Waals surface area (Å²) >= 11 is 0. The molecule has 7 heteroatoms. The van der Waals surface area contributed by atoms with Crippen molar-refractivity contribution in [2.45, 2.75) is 44.7 Å². The summed E-state index contributed by atoms with van der Waals surface area (Å²) in [5.41, 5.74) is 7.35. The molecule has 0 aromatic rings. The van der Waals surface area contributed by atoms with E-state index < -0.39 is 11.5 Å². The van der Waals surface area contributed by atoms with Crippen LogP contribution >= 0.6 is 0 Å². The molecule has 1 saturated heterocycles. The number of nitrogens with zero attached hydrogens (tertiary/aromatic N) is 4. The van der Waals surface area contributed by atoms with E-state index in [9.17, 15) is 9.90 Å². The Morgan fingerprint density at radius 3 is 2.63 bits per heavy atom. The van der Waals surface area contributed by atoms with Crippen molar-refractivity contribution in [2.75, 3.05) is 26.2 Å². The van der Waals surface area contributed by atoms with Crippen molar-refractivity contribution in [1.29, 1.82) is 0 Å². The van der Waals surface area contributed by atoms with E-state index >= 15 is 0 Å². The zero-order valence-corrected chi connectivity index (χ0v) is 11.7. The molecule has 0 aliphatic carbocycles. The Hall–Kier alpha value is -1.30. The van der Waals surface area contributed by atoms with Crippen LogP contribution in [0, 0.1) is 0 Å². The average molecular weight is 269 g/mol. The van der Waals surface area contributed by atoms with Gasteiger partial charge in [0, 0.05) is 30.6 Å². The SMILES string of the molecule is CC(C)N1CCC(NCCCN=[N+]=[N-])(C(=O)O)CC1. The van der Waals surface area contributed by atoms with Crippen LogP contribution in [-0.4, -0.2) is 53.7 Å². The van der Waals surface area contributed by atoms with E-state index in [1.165, 1.54) is 0 Å². The van der Waals surface area contributed by atoms with Crippen LogP contribution in [0.25, 0.3) is 10.4 Å². The fraction of sp³-hybridized carbons (Fsp3) is 0.917. The number of likely N-dealkylation sites (tertiary alicyclic amines) is 1. The predicted molar refractivity (Wildman–Crippen MR) is 72.9 cm³/mol. The molecule has 0 aromatic heterocycles. The van der Waals surface area contributed by atoms with Gasteiger partial charge in [0.2, 0.25) is 0 Å². The quantitative estimate of drug-likeness (QED) is 0.317. The van der Waals surface area contributed by atoms with Crippen LogP contribution in [0.15, 0.2) is 5.11 Å². The number of carboxylic acids is 1. The van der Waals surface area contributed by atoms with E-state index in [-0.39, 0.29) is 0 Å². The van der Waals surface area contributed by atoms with Crippen LogP contribution in [0.2, 0.25) is 0 Å². The molecule has 1 rings (SSSR count). The maximum Gasteiger partial charge on any atom is 0.323 e. The Bertz CT molecular complexity index is 344. The van der Waals surface area contributed by atoms with Gasteiger partial charge in [0.25, 0.3) is 0 Å². The molecule has 0 atom stereocenters. The number of nitrogens with one attached hydrogen (secondary N) is 1. The van der Waals surface area contributed by atoms with Crippen LogP contribution in [0.3, 0.4) is 0 Å². The molecular weight excluding hydrogens is 246 g/mol. The first kappa shape index (κ1) is 15.8. The van der Waals surface area contributed by atoms with Gasteiger partial charge in [0.1, 0.15) is 5.54 Å². The number of carboxylic acid groups (broad SMARTS) is 1. The number of carbonyl (C=O) groups is 1. The zero-order valence-electron chi connectivity index (χ0n) is 11.7. The van der Waals surface area contributed by atoms with Crippen LogP contribution in [0.4, 0.5) is 0 Å². The lowest BCUT2D eigenvalue weighted by molar-refractivity contribution is -0.147. The highest BCUT2D eigenvalue weighted by Crippen LogP contribution is 2.24. The number of azide groups is 1. The van der Waals surface area contributed by atoms with Gasteiger partial charge in [-0.15, -0.1) is 0 Å². The molecule has 19 heavy (non-hydrogen) atoms. The third kappa shape index (κ3) is 4.38. The molecular formula is C12H23N5O2. The maximum atomic E-state index is 11.5. The van der Waals surface area contributed by atoms with E-state index in [4.69, 9.17) is 5.53 Å². The van der Waals surface area contributed by atoms with E-state index in [0.29, 0.717) is 38.4 Å². The van der Waals surface area contributed by atoms with Gasteiger partial charge in [0.15, 0.2) is 0 Å². The minimum absolute atomic E-state index is 0.400. The Labute approximate surface area is 113 Å². The third-order valence-electron chi connectivity index (χ3n) is 3.75. The summed E-state index contributed by atoms with van der Waals surface area (Å²) in [6.45, 7) is 6.81. The number of aliphatic carboxylic acids is 1. The van der Waals surface area contributed by atoms with E-state index in [1.54, 1.807) is 0 Å². The van der Waals surface area contributed by atoms with E-state index in [1.807, 2.05) is 0 Å². The fourth-order valence-corrected chi connectivity index (χ4v) is 2.41. The van der Waals surface area contributed by atoms with E-state index in [0.717, 1.165) is 13.1 Å². The number of rotatable bonds is 7. The molecule has 0 unspecified atom stereocenters. The maximum absolute atomic E-state index is 11.5. The zero-order chi connectivity index (χ0) is 14.3. The Morgan fingerprint density at radius 2 is 2.16 bits per heavy atom. The smallest absolute Gasteiger partial charge is 0.323 e. The minimum atomic E-state index is -0.818. The van der Waals surface area contributed by atoms with Gasteiger partial charge in [-0.1, -0.05) is 5.11 Å². The lowest BCUT2D eigenvalue weighted by Gasteiger charge is -2.41.